The summed E-state index contributed by atoms with van der Waals surface area (Å²) in [5.41, 5.74) is 6.28. The Labute approximate surface area is 128 Å². The fourth-order valence-corrected chi connectivity index (χ4v) is 2.05. The van der Waals surface area contributed by atoms with Crippen LogP contribution in [-0.2, 0) is 11.3 Å². The summed E-state index contributed by atoms with van der Waals surface area (Å²) < 4.78 is 6.62. The number of anilines is 2. The van der Waals surface area contributed by atoms with Gasteiger partial charge in [-0.3, -0.25) is 14.2 Å². The molecule has 2 rings (SSSR count). The van der Waals surface area contributed by atoms with E-state index in [9.17, 15) is 9.59 Å². The summed E-state index contributed by atoms with van der Waals surface area (Å²) >= 11 is 3.07. The maximum atomic E-state index is 12.0. The van der Waals surface area contributed by atoms with Gasteiger partial charge < -0.3 is 15.8 Å². The highest BCUT2D eigenvalue weighted by Crippen LogP contribution is 2.26. The first-order chi connectivity index (χ1) is 10.0. The number of nitrogen functional groups attached to an aromatic ring is 1. The zero-order chi connectivity index (χ0) is 15.4. The van der Waals surface area contributed by atoms with Gasteiger partial charge >= 0.3 is 0 Å². The van der Waals surface area contributed by atoms with E-state index in [1.807, 2.05) is 0 Å². The Morgan fingerprint density at radius 3 is 3.00 bits per heavy atom. The fraction of sp³-hybridized carbons (Fsp3) is 0.154. The van der Waals surface area contributed by atoms with Gasteiger partial charge in [0, 0.05) is 11.9 Å². The highest BCUT2D eigenvalue weighted by atomic mass is 79.9. The van der Waals surface area contributed by atoms with Gasteiger partial charge in [0.05, 0.1) is 19.1 Å². The second-order valence-electron chi connectivity index (χ2n) is 4.18. The maximum Gasteiger partial charge on any atom is 0.268 e. The Morgan fingerprint density at radius 1 is 1.52 bits per heavy atom. The number of carbonyl (C=O) groups is 1. The van der Waals surface area contributed by atoms with Crippen LogP contribution >= 0.6 is 15.9 Å². The van der Waals surface area contributed by atoms with Crippen LogP contribution in [0.25, 0.3) is 0 Å². The molecule has 1 aromatic carbocycles. The summed E-state index contributed by atoms with van der Waals surface area (Å²) in [6, 6.07) is 4.90. The number of nitrogens with two attached hydrogens (primary N) is 1. The highest BCUT2D eigenvalue weighted by molar-refractivity contribution is 9.10. The molecule has 21 heavy (non-hydrogen) atoms. The number of hydrogen-bond acceptors (Lipinski definition) is 5. The van der Waals surface area contributed by atoms with E-state index in [4.69, 9.17) is 10.5 Å². The third-order valence-corrected chi connectivity index (χ3v) is 3.21. The monoisotopic (exact) mass is 352 g/mol. The maximum absolute atomic E-state index is 12.0. The molecular weight excluding hydrogens is 340 g/mol. The van der Waals surface area contributed by atoms with E-state index >= 15 is 0 Å². The Bertz CT molecular complexity index is 730. The number of amides is 1. The number of halogens is 1. The van der Waals surface area contributed by atoms with Crippen LogP contribution < -0.4 is 21.3 Å². The number of carbonyl (C=O) groups excluding carboxylic acids is 1. The van der Waals surface area contributed by atoms with Gasteiger partial charge in [0.1, 0.15) is 16.8 Å². The molecular formula is C13H13BrN4O3. The van der Waals surface area contributed by atoms with Crippen molar-refractivity contribution >= 4 is 33.2 Å². The van der Waals surface area contributed by atoms with E-state index in [-0.39, 0.29) is 18.0 Å². The van der Waals surface area contributed by atoms with Crippen LogP contribution in [0.5, 0.6) is 5.75 Å². The first-order valence-electron chi connectivity index (χ1n) is 5.94. The van der Waals surface area contributed by atoms with Crippen molar-refractivity contribution in [3.8, 4) is 5.75 Å². The molecule has 0 atom stereocenters. The van der Waals surface area contributed by atoms with Gasteiger partial charge in [-0.05, 0) is 34.1 Å². The molecule has 0 aliphatic rings. The number of nitrogens with zero attached hydrogens (tertiary/aromatic N) is 2. The predicted molar refractivity (Wildman–Crippen MR) is 82.2 cm³/mol. The molecule has 0 saturated carbocycles. The third-order valence-electron chi connectivity index (χ3n) is 2.67. The van der Waals surface area contributed by atoms with Crippen molar-refractivity contribution in [3.63, 3.8) is 0 Å². The van der Waals surface area contributed by atoms with Gasteiger partial charge in [-0.15, -0.1) is 0 Å². The minimum absolute atomic E-state index is 0.163. The minimum atomic E-state index is -0.388. The lowest BCUT2D eigenvalue weighted by atomic mass is 10.2. The van der Waals surface area contributed by atoms with E-state index in [0.717, 1.165) is 0 Å². The Morgan fingerprint density at radius 2 is 2.29 bits per heavy atom. The Balaban J connectivity index is 2.17. The quantitative estimate of drug-likeness (QED) is 0.806. The van der Waals surface area contributed by atoms with Crippen LogP contribution in [0.15, 0.2) is 40.0 Å². The topological polar surface area (TPSA) is 99.2 Å². The first kappa shape index (κ1) is 15.0. The Kier molecular flexibility index (Phi) is 4.59. The SMILES string of the molecule is COc1ccc(N)cc1NC(=O)Cn1cncc(Br)c1=O. The number of hydrogen-bond donors (Lipinski definition) is 2. The average molecular weight is 353 g/mol. The Hall–Kier alpha value is -2.35. The largest absolute Gasteiger partial charge is 0.495 e. The number of benzene rings is 1. The van der Waals surface area contributed by atoms with Crippen molar-refractivity contribution in [1.82, 2.24) is 9.55 Å². The predicted octanol–water partition coefficient (Wildman–Crippen LogP) is 1.24. The minimum Gasteiger partial charge on any atom is -0.495 e. The van der Waals surface area contributed by atoms with Crippen LogP contribution in [-0.4, -0.2) is 22.6 Å². The molecule has 0 fully saturated rings. The standard InChI is InChI=1S/C13H13BrN4O3/c1-21-11-3-2-8(15)4-10(11)17-12(19)6-18-7-16-5-9(14)13(18)20/h2-5,7H,6,15H2,1H3,(H,17,19). The molecule has 110 valence electrons. The molecule has 0 saturated heterocycles. The second-order valence-corrected chi connectivity index (χ2v) is 5.04. The van der Waals surface area contributed by atoms with E-state index in [2.05, 4.69) is 26.2 Å². The fourth-order valence-electron chi connectivity index (χ4n) is 1.70. The molecule has 1 aromatic heterocycles. The van der Waals surface area contributed by atoms with Crippen molar-refractivity contribution in [3.05, 3.63) is 45.5 Å². The van der Waals surface area contributed by atoms with Crippen LogP contribution in [0, 0.1) is 0 Å². The normalized spacial score (nSPS) is 10.2. The molecule has 1 amide bonds. The van der Waals surface area contributed by atoms with Crippen LogP contribution in [0.4, 0.5) is 11.4 Å². The van der Waals surface area contributed by atoms with Crippen molar-refractivity contribution in [2.75, 3.05) is 18.2 Å². The van der Waals surface area contributed by atoms with E-state index in [1.54, 1.807) is 18.2 Å². The molecule has 1 heterocycles. The van der Waals surface area contributed by atoms with Gasteiger partial charge in [-0.25, -0.2) is 4.98 Å². The summed E-state index contributed by atoms with van der Waals surface area (Å²) in [6.07, 6.45) is 2.67. The van der Waals surface area contributed by atoms with Crippen LogP contribution in [0.1, 0.15) is 0 Å². The molecule has 0 unspecified atom stereocenters. The average Bonchev–Trinajstić information content (AvgIpc) is 2.44. The second kappa shape index (κ2) is 6.40. The van der Waals surface area contributed by atoms with E-state index < -0.39 is 0 Å². The molecule has 0 aliphatic carbocycles. The molecule has 0 aliphatic heterocycles. The molecule has 8 heteroatoms. The zero-order valence-electron chi connectivity index (χ0n) is 11.2. The summed E-state index contributed by atoms with van der Waals surface area (Å²) in [5, 5.41) is 2.65. The highest BCUT2D eigenvalue weighted by Gasteiger charge is 2.10. The van der Waals surface area contributed by atoms with Crippen molar-refractivity contribution in [2.45, 2.75) is 6.54 Å². The van der Waals surface area contributed by atoms with Gasteiger partial charge in [0.25, 0.3) is 5.56 Å². The van der Waals surface area contributed by atoms with Gasteiger partial charge in [0.15, 0.2) is 0 Å². The van der Waals surface area contributed by atoms with Gasteiger partial charge in [-0.2, -0.15) is 0 Å². The lowest BCUT2D eigenvalue weighted by Gasteiger charge is -2.11. The first-order valence-corrected chi connectivity index (χ1v) is 6.74. The third kappa shape index (κ3) is 3.60. The molecule has 0 radical (unpaired) electrons. The number of aromatic nitrogens is 2. The summed E-state index contributed by atoms with van der Waals surface area (Å²) in [6.45, 7) is -0.163. The zero-order valence-corrected chi connectivity index (χ0v) is 12.8. The number of rotatable bonds is 4. The molecule has 0 spiro atoms. The smallest absolute Gasteiger partial charge is 0.268 e. The van der Waals surface area contributed by atoms with Crippen LogP contribution in [0.2, 0.25) is 0 Å². The van der Waals surface area contributed by atoms with Gasteiger partial charge in [-0.1, -0.05) is 0 Å². The lowest BCUT2D eigenvalue weighted by molar-refractivity contribution is -0.116. The molecule has 2 aromatic rings. The molecule has 0 bridgehead atoms. The van der Waals surface area contributed by atoms with Crippen molar-refractivity contribution in [2.24, 2.45) is 0 Å². The van der Waals surface area contributed by atoms with Crippen molar-refractivity contribution in [1.29, 1.82) is 0 Å². The number of methoxy groups -OCH3 is 1. The number of nitrogens with one attached hydrogen (secondary N) is 1. The van der Waals surface area contributed by atoms with Crippen LogP contribution in [0.3, 0.4) is 0 Å². The molecule has 7 nitrogen and oxygen atoms in total. The lowest BCUT2D eigenvalue weighted by Crippen LogP contribution is -2.28. The van der Waals surface area contributed by atoms with Crippen molar-refractivity contribution < 1.29 is 9.53 Å². The van der Waals surface area contributed by atoms with Gasteiger partial charge in [0.2, 0.25) is 5.91 Å². The summed E-state index contributed by atoms with van der Waals surface area (Å²) in [4.78, 5) is 27.6. The number of ether oxygens (including phenoxy) is 1. The summed E-state index contributed by atoms with van der Waals surface area (Å²) in [7, 11) is 1.49. The molecule has 3 N–H and O–H groups in total. The summed E-state index contributed by atoms with van der Waals surface area (Å²) in [5.74, 6) is 0.0955. The van der Waals surface area contributed by atoms with E-state index in [0.29, 0.717) is 21.6 Å². The van der Waals surface area contributed by atoms with E-state index in [1.165, 1.54) is 24.2 Å².